The molecule has 1 saturated heterocycles. The van der Waals surface area contributed by atoms with Crippen LogP contribution in [0.3, 0.4) is 0 Å². The highest BCUT2D eigenvalue weighted by atomic mass is 16.5. The van der Waals surface area contributed by atoms with Crippen LogP contribution in [-0.2, 0) is 9.53 Å². The maximum atomic E-state index is 11.9. The number of benzene rings is 1. The molecule has 6 heteroatoms. The lowest BCUT2D eigenvalue weighted by atomic mass is 9.96. The number of anilines is 1. The molecular weight excluding hydrogens is 294 g/mol. The number of esters is 1. The Labute approximate surface area is 134 Å². The molecule has 3 rings (SSSR count). The van der Waals surface area contributed by atoms with E-state index in [9.17, 15) is 9.59 Å². The van der Waals surface area contributed by atoms with Crippen molar-refractivity contribution in [2.75, 3.05) is 25.1 Å². The number of aromatic nitrogens is 1. The van der Waals surface area contributed by atoms with Gasteiger partial charge in [-0.15, -0.1) is 0 Å². The zero-order chi connectivity index (χ0) is 16.4. The summed E-state index contributed by atoms with van der Waals surface area (Å²) in [5.41, 5.74) is 5.68. The van der Waals surface area contributed by atoms with E-state index in [1.54, 1.807) is 6.07 Å². The molecular formula is C17H19N3O3. The van der Waals surface area contributed by atoms with Gasteiger partial charge in [-0.3, -0.25) is 4.79 Å². The van der Waals surface area contributed by atoms with E-state index in [1.807, 2.05) is 24.3 Å². The van der Waals surface area contributed by atoms with Crippen LogP contribution in [0.15, 0.2) is 30.3 Å². The number of carbonyl (C=O) groups is 2. The van der Waals surface area contributed by atoms with Crippen LogP contribution in [0, 0.1) is 5.92 Å². The first-order valence-corrected chi connectivity index (χ1v) is 7.62. The second kappa shape index (κ2) is 6.24. The number of nitrogens with zero attached hydrogens (tertiary/aromatic N) is 2. The number of pyridine rings is 1. The molecule has 1 fully saturated rings. The predicted molar refractivity (Wildman–Crippen MR) is 87.2 cm³/mol. The van der Waals surface area contributed by atoms with Crippen LogP contribution >= 0.6 is 0 Å². The van der Waals surface area contributed by atoms with Crippen LogP contribution in [0.25, 0.3) is 10.8 Å². The molecule has 0 unspecified atom stereocenters. The number of hydrogen-bond acceptors (Lipinski definition) is 5. The van der Waals surface area contributed by atoms with Crippen molar-refractivity contribution < 1.29 is 14.3 Å². The van der Waals surface area contributed by atoms with Gasteiger partial charge < -0.3 is 15.4 Å². The summed E-state index contributed by atoms with van der Waals surface area (Å²) in [6, 6.07) is 9.54. The van der Waals surface area contributed by atoms with E-state index in [0.717, 1.165) is 16.6 Å². The van der Waals surface area contributed by atoms with Gasteiger partial charge >= 0.3 is 5.97 Å². The van der Waals surface area contributed by atoms with Crippen LogP contribution < -0.4 is 10.6 Å². The van der Waals surface area contributed by atoms with Gasteiger partial charge in [-0.05, 0) is 24.3 Å². The van der Waals surface area contributed by atoms with Gasteiger partial charge in [-0.2, -0.15) is 0 Å². The van der Waals surface area contributed by atoms with E-state index in [4.69, 9.17) is 10.5 Å². The van der Waals surface area contributed by atoms with E-state index >= 15 is 0 Å². The highest BCUT2D eigenvalue weighted by Crippen LogP contribution is 2.29. The van der Waals surface area contributed by atoms with Crippen LogP contribution in [0.1, 0.15) is 23.3 Å². The van der Waals surface area contributed by atoms with E-state index in [2.05, 4.69) is 9.88 Å². The Morgan fingerprint density at radius 2 is 1.96 bits per heavy atom. The Morgan fingerprint density at radius 3 is 2.61 bits per heavy atom. The maximum Gasteiger partial charge on any atom is 0.356 e. The third-order valence-corrected chi connectivity index (χ3v) is 4.31. The minimum atomic E-state index is -0.455. The molecule has 0 saturated carbocycles. The average molecular weight is 313 g/mol. The summed E-state index contributed by atoms with van der Waals surface area (Å²) >= 11 is 0. The minimum absolute atomic E-state index is 0.0821. The first-order valence-electron chi connectivity index (χ1n) is 7.62. The van der Waals surface area contributed by atoms with E-state index in [0.29, 0.717) is 31.6 Å². The lowest BCUT2D eigenvalue weighted by Crippen LogP contribution is -2.39. The third-order valence-electron chi connectivity index (χ3n) is 4.31. The van der Waals surface area contributed by atoms with E-state index in [1.165, 1.54) is 7.11 Å². The molecule has 23 heavy (non-hydrogen) atoms. The minimum Gasteiger partial charge on any atom is -0.464 e. The zero-order valence-electron chi connectivity index (χ0n) is 13.0. The number of fused-ring (bicyclic) bond motifs is 1. The molecule has 1 aromatic carbocycles. The fourth-order valence-electron chi connectivity index (χ4n) is 3.01. The third kappa shape index (κ3) is 2.97. The summed E-state index contributed by atoms with van der Waals surface area (Å²) in [6.07, 6.45) is 1.40. The van der Waals surface area contributed by atoms with Gasteiger partial charge in [0.25, 0.3) is 0 Å². The summed E-state index contributed by atoms with van der Waals surface area (Å²) < 4.78 is 4.79. The normalized spacial score (nSPS) is 15.6. The van der Waals surface area contributed by atoms with Gasteiger partial charge in [-0.1, -0.05) is 24.3 Å². The van der Waals surface area contributed by atoms with Crippen molar-refractivity contribution in [3.63, 3.8) is 0 Å². The Hall–Kier alpha value is -2.63. The Bertz CT molecular complexity index is 752. The number of methoxy groups -OCH3 is 1. The number of piperidine rings is 1. The van der Waals surface area contributed by atoms with Gasteiger partial charge in [0.1, 0.15) is 5.82 Å². The van der Waals surface area contributed by atoms with Crippen LogP contribution in [-0.4, -0.2) is 37.1 Å². The fraction of sp³-hybridized carbons (Fsp3) is 0.353. The van der Waals surface area contributed by atoms with Gasteiger partial charge in [-0.25, -0.2) is 9.78 Å². The summed E-state index contributed by atoms with van der Waals surface area (Å²) in [6.45, 7) is 1.38. The Kier molecular flexibility index (Phi) is 4.14. The fourth-order valence-corrected chi connectivity index (χ4v) is 3.01. The number of hydrogen-bond donors (Lipinski definition) is 1. The van der Waals surface area contributed by atoms with Crippen molar-refractivity contribution in [3.05, 3.63) is 36.0 Å². The first-order chi connectivity index (χ1) is 11.1. The molecule has 0 spiro atoms. The number of carbonyl (C=O) groups excluding carboxylic acids is 2. The zero-order valence-corrected chi connectivity index (χ0v) is 13.0. The summed E-state index contributed by atoms with van der Waals surface area (Å²) in [5.74, 6) is -0.0254. The molecule has 2 heterocycles. The molecule has 1 aliphatic rings. The molecule has 1 amide bonds. The van der Waals surface area contributed by atoms with Crippen molar-refractivity contribution in [1.82, 2.24) is 4.98 Å². The largest absolute Gasteiger partial charge is 0.464 e. The van der Waals surface area contributed by atoms with Gasteiger partial charge in [0.15, 0.2) is 5.69 Å². The van der Waals surface area contributed by atoms with Gasteiger partial charge in [0.2, 0.25) is 5.91 Å². The molecule has 1 aliphatic heterocycles. The monoisotopic (exact) mass is 313 g/mol. The number of amides is 1. The highest BCUT2D eigenvalue weighted by Gasteiger charge is 2.25. The summed E-state index contributed by atoms with van der Waals surface area (Å²) in [5, 5.41) is 1.92. The molecule has 6 nitrogen and oxygen atoms in total. The predicted octanol–water partition coefficient (Wildman–Crippen LogP) is 1.72. The molecule has 2 aromatic rings. The number of primary amides is 1. The lowest BCUT2D eigenvalue weighted by molar-refractivity contribution is -0.122. The van der Waals surface area contributed by atoms with E-state index in [-0.39, 0.29) is 11.8 Å². The Balaban J connectivity index is 1.99. The summed E-state index contributed by atoms with van der Waals surface area (Å²) in [7, 11) is 1.34. The molecule has 120 valence electrons. The number of rotatable bonds is 3. The van der Waals surface area contributed by atoms with Gasteiger partial charge in [0.05, 0.1) is 7.11 Å². The van der Waals surface area contributed by atoms with Crippen molar-refractivity contribution in [2.24, 2.45) is 11.7 Å². The number of ether oxygens (including phenoxy) is 1. The van der Waals surface area contributed by atoms with Crippen LogP contribution in [0.5, 0.6) is 0 Å². The number of nitrogens with two attached hydrogens (primary N) is 1. The summed E-state index contributed by atoms with van der Waals surface area (Å²) in [4.78, 5) is 29.8. The standard InChI is InChI=1S/C17H19N3O3/c1-23-17(22)14-10-12-4-2-3-5-13(12)16(19-14)20-8-6-11(7-9-20)15(18)21/h2-5,10-11H,6-9H2,1H3,(H2,18,21). The van der Waals surface area contributed by atoms with Crippen molar-refractivity contribution in [2.45, 2.75) is 12.8 Å². The second-order valence-corrected chi connectivity index (χ2v) is 5.71. The maximum absolute atomic E-state index is 11.9. The SMILES string of the molecule is COC(=O)c1cc2ccccc2c(N2CCC(C(N)=O)CC2)n1. The highest BCUT2D eigenvalue weighted by molar-refractivity contribution is 5.98. The molecule has 0 radical (unpaired) electrons. The van der Waals surface area contributed by atoms with Crippen LogP contribution in [0.2, 0.25) is 0 Å². The second-order valence-electron chi connectivity index (χ2n) is 5.71. The quantitative estimate of drug-likeness (QED) is 0.872. The molecule has 2 N–H and O–H groups in total. The Morgan fingerprint density at radius 1 is 1.26 bits per heavy atom. The van der Waals surface area contributed by atoms with Gasteiger partial charge in [0, 0.05) is 24.4 Å². The van der Waals surface area contributed by atoms with Crippen molar-refractivity contribution >= 4 is 28.5 Å². The molecule has 0 atom stereocenters. The topological polar surface area (TPSA) is 85.5 Å². The molecule has 0 bridgehead atoms. The first kappa shape index (κ1) is 15.3. The molecule has 1 aromatic heterocycles. The average Bonchev–Trinajstić information content (AvgIpc) is 2.60. The molecule has 0 aliphatic carbocycles. The van der Waals surface area contributed by atoms with E-state index < -0.39 is 5.97 Å². The smallest absolute Gasteiger partial charge is 0.356 e. The van der Waals surface area contributed by atoms with Crippen LogP contribution in [0.4, 0.5) is 5.82 Å². The van der Waals surface area contributed by atoms with Crippen molar-refractivity contribution in [1.29, 1.82) is 0 Å². The lowest BCUT2D eigenvalue weighted by Gasteiger charge is -2.32. The van der Waals surface area contributed by atoms with Crippen molar-refractivity contribution in [3.8, 4) is 0 Å².